The fourth-order valence-electron chi connectivity index (χ4n) is 2.34. The molecule has 0 aliphatic carbocycles. The average Bonchev–Trinajstić information content (AvgIpc) is 3.18. The molecule has 0 aliphatic heterocycles. The maximum atomic E-state index is 12.5. The molecule has 5 N–H and O–H groups in total. The van der Waals surface area contributed by atoms with Crippen LogP contribution in [-0.4, -0.2) is 49.6 Å². The third-order valence-electron chi connectivity index (χ3n) is 3.78. The van der Waals surface area contributed by atoms with E-state index >= 15 is 0 Å². The predicted octanol–water partition coefficient (Wildman–Crippen LogP) is 0.417. The van der Waals surface area contributed by atoms with Crippen molar-refractivity contribution in [1.29, 1.82) is 5.41 Å². The number of sulfone groups is 1. The maximum Gasteiger partial charge on any atom is 0.251 e. The van der Waals surface area contributed by atoms with Gasteiger partial charge in [0.25, 0.3) is 5.96 Å². The Morgan fingerprint density at radius 1 is 1.35 bits per heavy atom. The molecule has 0 saturated carbocycles. The molecule has 0 aliphatic rings. The van der Waals surface area contributed by atoms with Crippen LogP contribution in [0.2, 0.25) is 0 Å². The first-order chi connectivity index (χ1) is 14.5. The second-order valence-electron chi connectivity index (χ2n) is 6.97. The first-order valence-corrected chi connectivity index (χ1v) is 12.0. The smallest absolute Gasteiger partial charge is 0.251 e. The molecule has 1 radical (unpaired) electrons. The van der Waals surface area contributed by atoms with Gasteiger partial charge >= 0.3 is 0 Å². The van der Waals surface area contributed by atoms with Crippen molar-refractivity contribution in [2.75, 3.05) is 12.3 Å². The van der Waals surface area contributed by atoms with E-state index < -0.39 is 44.4 Å². The highest BCUT2D eigenvalue weighted by Crippen LogP contribution is 2.17. The summed E-state index contributed by atoms with van der Waals surface area (Å²) in [5, 5.41) is 25.8. The van der Waals surface area contributed by atoms with Crippen LogP contribution in [0.3, 0.4) is 0 Å². The molecular formula is C17H27N6O6S2. The summed E-state index contributed by atoms with van der Waals surface area (Å²) in [5.74, 6) is -2.30. The number of hydrogen-bond donors (Lipinski definition) is 5. The lowest BCUT2D eigenvalue weighted by Gasteiger charge is -2.19. The van der Waals surface area contributed by atoms with E-state index in [0.717, 1.165) is 11.3 Å². The highest BCUT2D eigenvalue weighted by atomic mass is 32.2. The molecule has 2 amide bonds. The minimum absolute atomic E-state index is 0.0647. The fourth-order valence-corrected chi connectivity index (χ4v) is 4.57. The van der Waals surface area contributed by atoms with E-state index in [0.29, 0.717) is 12.3 Å². The second-order valence-corrected chi connectivity index (χ2v) is 10.1. The molecule has 173 valence electrons. The van der Waals surface area contributed by atoms with E-state index in [1.54, 1.807) is 23.4 Å². The van der Waals surface area contributed by atoms with Gasteiger partial charge < -0.3 is 16.0 Å². The third kappa shape index (κ3) is 10.7. The zero-order valence-electron chi connectivity index (χ0n) is 17.2. The van der Waals surface area contributed by atoms with Gasteiger partial charge in [0.1, 0.15) is 16.0 Å². The first kappa shape index (κ1) is 26.3. The van der Waals surface area contributed by atoms with Crippen LogP contribution in [0.4, 0.5) is 0 Å². The van der Waals surface area contributed by atoms with Gasteiger partial charge in [-0.25, -0.2) is 18.5 Å². The molecule has 1 heterocycles. The van der Waals surface area contributed by atoms with Crippen molar-refractivity contribution in [2.24, 2.45) is 5.92 Å². The number of amides is 2. The highest BCUT2D eigenvalue weighted by molar-refractivity contribution is 7.94. The SMILES string of the molecule is CC(C)C[CH]NC(=O)[C@H](CCCNC(=N)N[N+](=O)[O-])NC(=O)CS(=O)(=O)c1cccs1. The van der Waals surface area contributed by atoms with Crippen molar-refractivity contribution >= 4 is 38.9 Å². The predicted molar refractivity (Wildman–Crippen MR) is 115 cm³/mol. The van der Waals surface area contributed by atoms with Crippen molar-refractivity contribution in [1.82, 2.24) is 21.4 Å². The summed E-state index contributed by atoms with van der Waals surface area (Å²) in [4.78, 5) is 35.0. The molecule has 14 heteroatoms. The zero-order chi connectivity index (χ0) is 23.4. The lowest BCUT2D eigenvalue weighted by atomic mass is 10.1. The molecule has 12 nitrogen and oxygen atoms in total. The van der Waals surface area contributed by atoms with Crippen LogP contribution < -0.4 is 21.4 Å². The molecule has 1 aromatic heterocycles. The van der Waals surface area contributed by atoms with Crippen molar-refractivity contribution < 1.29 is 23.0 Å². The Morgan fingerprint density at radius 3 is 2.65 bits per heavy atom. The minimum Gasteiger partial charge on any atom is -0.352 e. The van der Waals surface area contributed by atoms with E-state index in [2.05, 4.69) is 16.0 Å². The Labute approximate surface area is 184 Å². The van der Waals surface area contributed by atoms with E-state index in [-0.39, 0.29) is 23.6 Å². The summed E-state index contributed by atoms with van der Waals surface area (Å²) < 4.78 is 24.6. The number of carbonyl (C=O) groups excluding carboxylic acids is 2. The first-order valence-electron chi connectivity index (χ1n) is 9.42. The molecule has 0 fully saturated rings. The van der Waals surface area contributed by atoms with Crippen LogP contribution in [0, 0.1) is 28.0 Å². The minimum atomic E-state index is -3.81. The van der Waals surface area contributed by atoms with E-state index in [9.17, 15) is 28.1 Å². The average molecular weight is 476 g/mol. The van der Waals surface area contributed by atoms with Gasteiger partial charge in [0, 0.05) is 13.1 Å². The number of nitrogens with one attached hydrogen (secondary N) is 5. The molecule has 31 heavy (non-hydrogen) atoms. The van der Waals surface area contributed by atoms with Gasteiger partial charge in [-0.2, -0.15) is 0 Å². The van der Waals surface area contributed by atoms with Gasteiger partial charge in [0.05, 0.1) is 0 Å². The Kier molecular flexibility index (Phi) is 10.9. The van der Waals surface area contributed by atoms with Crippen molar-refractivity contribution in [2.45, 2.75) is 43.4 Å². The van der Waals surface area contributed by atoms with Gasteiger partial charge in [0.2, 0.25) is 11.8 Å². The third-order valence-corrected chi connectivity index (χ3v) is 6.89. The van der Waals surface area contributed by atoms with Gasteiger partial charge in [-0.3, -0.25) is 15.0 Å². The number of hydrazine groups is 1. The fraction of sp³-hybridized carbons (Fsp3) is 0.529. The lowest BCUT2D eigenvalue weighted by molar-refractivity contribution is -0.525. The second kappa shape index (κ2) is 12.8. The van der Waals surface area contributed by atoms with E-state index in [1.165, 1.54) is 6.07 Å². The molecule has 0 aromatic carbocycles. The van der Waals surface area contributed by atoms with Crippen LogP contribution in [0.25, 0.3) is 0 Å². The van der Waals surface area contributed by atoms with Crippen molar-refractivity contribution in [3.05, 3.63) is 34.2 Å². The number of nitrogens with zero attached hydrogens (tertiary/aromatic N) is 1. The summed E-state index contributed by atoms with van der Waals surface area (Å²) in [7, 11) is -3.81. The molecule has 0 unspecified atom stereocenters. The molecule has 1 aromatic rings. The summed E-state index contributed by atoms with van der Waals surface area (Å²) in [6.07, 6.45) is 1.03. The number of thiophene rings is 1. The normalized spacial score (nSPS) is 12.1. The van der Waals surface area contributed by atoms with Crippen LogP contribution in [-0.2, 0) is 19.4 Å². The molecule has 0 spiro atoms. The summed E-state index contributed by atoms with van der Waals surface area (Å²) >= 11 is 1.00. The lowest BCUT2D eigenvalue weighted by Crippen LogP contribution is -2.48. The zero-order valence-corrected chi connectivity index (χ0v) is 18.8. The molecule has 1 atom stereocenters. The topological polar surface area (TPSA) is 183 Å². The number of carbonyl (C=O) groups is 2. The summed E-state index contributed by atoms with van der Waals surface area (Å²) in [6, 6.07) is 1.96. The Morgan fingerprint density at radius 2 is 2.06 bits per heavy atom. The molecule has 0 saturated heterocycles. The quantitative estimate of drug-likeness (QED) is 0.0893. The Balaban J connectivity index is 2.66. The van der Waals surface area contributed by atoms with Gasteiger partial charge in [0.15, 0.2) is 14.9 Å². The monoisotopic (exact) mass is 475 g/mol. The van der Waals surface area contributed by atoms with Crippen LogP contribution >= 0.6 is 11.3 Å². The largest absolute Gasteiger partial charge is 0.352 e. The molecule has 1 rings (SSSR count). The Hall–Kier alpha value is -2.74. The van der Waals surface area contributed by atoms with Gasteiger partial charge in [-0.15, -0.1) is 11.3 Å². The number of guanidine groups is 1. The molecular weight excluding hydrogens is 448 g/mol. The van der Waals surface area contributed by atoms with Gasteiger partial charge in [-0.1, -0.05) is 25.3 Å². The number of hydrogen-bond acceptors (Lipinski definition) is 8. The molecule has 0 bridgehead atoms. The van der Waals surface area contributed by atoms with Crippen molar-refractivity contribution in [3.63, 3.8) is 0 Å². The van der Waals surface area contributed by atoms with E-state index in [4.69, 9.17) is 5.41 Å². The standard InChI is InChI=1S/C17H27N6O6S2/c1-12(2)7-9-19-16(25)13(5-3-8-20-17(18)22-23(26)27)21-14(24)11-31(28,29)15-6-4-10-30-15/h4,6,9-10,12-13H,3,5,7-8,11H2,1-2H3,(H,19,25)(H,21,24)(H3,18,20,22)/t13-/m0/s1. The van der Waals surface area contributed by atoms with Crippen LogP contribution in [0.15, 0.2) is 21.7 Å². The summed E-state index contributed by atoms with van der Waals surface area (Å²) in [6.45, 7) is 5.64. The van der Waals surface area contributed by atoms with Crippen LogP contribution in [0.1, 0.15) is 33.1 Å². The van der Waals surface area contributed by atoms with Crippen molar-refractivity contribution in [3.8, 4) is 0 Å². The maximum absolute atomic E-state index is 12.5. The van der Waals surface area contributed by atoms with Crippen LogP contribution in [0.5, 0.6) is 0 Å². The number of nitro groups is 1. The Bertz CT molecular complexity index is 856. The number of rotatable bonds is 13. The van der Waals surface area contributed by atoms with Gasteiger partial charge in [-0.05, 0) is 36.6 Å². The summed E-state index contributed by atoms with van der Waals surface area (Å²) in [5.41, 5.74) is 1.64. The van der Waals surface area contributed by atoms with E-state index in [1.807, 2.05) is 13.8 Å². The highest BCUT2D eigenvalue weighted by Gasteiger charge is 2.25.